The van der Waals surface area contributed by atoms with E-state index in [1.54, 1.807) is 36.4 Å². The molecule has 0 aliphatic rings. The molecule has 0 fully saturated rings. The van der Waals surface area contributed by atoms with E-state index in [9.17, 15) is 9.59 Å². The van der Waals surface area contributed by atoms with Crippen molar-refractivity contribution in [2.75, 3.05) is 5.32 Å². The third-order valence-corrected chi connectivity index (χ3v) is 3.52. The minimum atomic E-state index is -0.348. The summed E-state index contributed by atoms with van der Waals surface area (Å²) in [5.74, 6) is 0.0417. The van der Waals surface area contributed by atoms with Crippen LogP contribution in [0.2, 0.25) is 0 Å². The molecule has 0 spiro atoms. The van der Waals surface area contributed by atoms with Gasteiger partial charge in [0.1, 0.15) is 23.2 Å². The highest BCUT2D eigenvalue weighted by Gasteiger charge is 2.13. The first-order chi connectivity index (χ1) is 12.1. The van der Waals surface area contributed by atoms with E-state index in [2.05, 4.69) is 10.3 Å². The molecule has 122 valence electrons. The van der Waals surface area contributed by atoms with Crippen LogP contribution < -0.4 is 5.32 Å². The largest absolute Gasteiger partial charge is 0.456 e. The number of carbonyl (C=O) groups is 2. The highest BCUT2D eigenvalue weighted by molar-refractivity contribution is 6.08. The Balaban J connectivity index is 1.97. The summed E-state index contributed by atoms with van der Waals surface area (Å²) < 4.78 is 5.61. The van der Waals surface area contributed by atoms with Crippen LogP contribution in [-0.4, -0.2) is 16.7 Å². The number of aromatic nitrogens is 1. The maximum absolute atomic E-state index is 12.3. The Hall–Kier alpha value is -3.72. The van der Waals surface area contributed by atoms with Crippen LogP contribution in [0.4, 0.5) is 5.82 Å². The third kappa shape index (κ3) is 3.46. The van der Waals surface area contributed by atoms with Crippen molar-refractivity contribution in [3.63, 3.8) is 0 Å². The number of fused-ring (bicyclic) bond motifs is 1. The second kappa shape index (κ2) is 6.81. The van der Waals surface area contributed by atoms with Gasteiger partial charge >= 0.3 is 0 Å². The molecule has 0 aliphatic heterocycles. The number of ketones is 1. The number of pyridine rings is 1. The molecule has 25 heavy (non-hydrogen) atoms. The van der Waals surface area contributed by atoms with Crippen LogP contribution in [0.15, 0.2) is 58.7 Å². The second-order valence-corrected chi connectivity index (χ2v) is 5.27. The summed E-state index contributed by atoms with van der Waals surface area (Å²) in [6.07, 6.45) is 2.88. The number of benzene rings is 1. The van der Waals surface area contributed by atoms with Crippen molar-refractivity contribution >= 4 is 34.6 Å². The number of Topliss-reactive ketones (excluding diaryl/α,β-unsaturated/α-hetero) is 1. The van der Waals surface area contributed by atoms with Crippen LogP contribution in [-0.2, 0) is 4.79 Å². The quantitative estimate of drug-likeness (QED) is 0.582. The lowest BCUT2D eigenvalue weighted by atomic mass is 10.1. The average Bonchev–Trinajstić information content (AvgIpc) is 3.04. The van der Waals surface area contributed by atoms with Crippen LogP contribution in [0.1, 0.15) is 23.0 Å². The van der Waals surface area contributed by atoms with Gasteiger partial charge in [-0.15, -0.1) is 0 Å². The molecule has 0 radical (unpaired) electrons. The smallest absolute Gasteiger partial charge is 0.256 e. The maximum Gasteiger partial charge on any atom is 0.256 e. The molecule has 3 rings (SSSR count). The predicted molar refractivity (Wildman–Crippen MR) is 92.7 cm³/mol. The number of carbonyl (C=O) groups excluding carboxylic acids is 2. The SMILES string of the molecule is CC(=O)/C(C#N)=C\c1cc2c(NC(=O)c3ccccc3)nccc2o1. The second-order valence-electron chi connectivity index (χ2n) is 5.27. The van der Waals surface area contributed by atoms with Gasteiger partial charge in [0.05, 0.1) is 11.0 Å². The Bertz CT molecular complexity index is 1030. The van der Waals surface area contributed by atoms with Crippen molar-refractivity contribution in [2.45, 2.75) is 6.92 Å². The average molecular weight is 331 g/mol. The van der Waals surface area contributed by atoms with Crippen molar-refractivity contribution in [1.82, 2.24) is 4.98 Å². The van der Waals surface area contributed by atoms with Gasteiger partial charge in [-0.25, -0.2) is 4.98 Å². The number of nitrogens with one attached hydrogen (secondary N) is 1. The summed E-state index contributed by atoms with van der Waals surface area (Å²) in [5, 5.41) is 12.3. The van der Waals surface area contributed by atoms with Crippen molar-refractivity contribution < 1.29 is 14.0 Å². The predicted octanol–water partition coefficient (Wildman–Crippen LogP) is 3.58. The lowest BCUT2D eigenvalue weighted by Crippen LogP contribution is -2.12. The minimum absolute atomic E-state index is 0.0121. The van der Waals surface area contributed by atoms with Gasteiger partial charge in [0.2, 0.25) is 0 Å². The Morgan fingerprint density at radius 3 is 2.68 bits per heavy atom. The molecule has 3 aromatic rings. The number of rotatable bonds is 4. The topological polar surface area (TPSA) is 96.0 Å². The number of furan rings is 1. The highest BCUT2D eigenvalue weighted by atomic mass is 16.3. The molecule has 2 heterocycles. The van der Waals surface area contributed by atoms with E-state index >= 15 is 0 Å². The summed E-state index contributed by atoms with van der Waals surface area (Å²) in [7, 11) is 0. The standard InChI is InChI=1S/C19H13N3O3/c1-12(23)14(11-20)9-15-10-16-17(25-15)7-8-21-18(16)22-19(24)13-5-3-2-4-6-13/h2-10H,1H3,(H,21,22,24)/b14-9-. The molecule has 6 heteroatoms. The van der Waals surface area contributed by atoms with Gasteiger partial charge in [-0.2, -0.15) is 5.26 Å². The first-order valence-electron chi connectivity index (χ1n) is 7.46. The van der Waals surface area contributed by atoms with Crippen molar-refractivity contribution in [3.05, 3.63) is 65.6 Å². The molecule has 0 unspecified atom stereocenters. The summed E-state index contributed by atoms with van der Waals surface area (Å²) >= 11 is 0. The zero-order valence-corrected chi connectivity index (χ0v) is 13.3. The molecular weight excluding hydrogens is 318 g/mol. The van der Waals surface area contributed by atoms with E-state index in [0.29, 0.717) is 28.1 Å². The van der Waals surface area contributed by atoms with Crippen molar-refractivity contribution in [2.24, 2.45) is 0 Å². The molecular formula is C19H13N3O3. The first kappa shape index (κ1) is 16.1. The number of allylic oxidation sites excluding steroid dienone is 1. The van der Waals surface area contributed by atoms with Crippen LogP contribution >= 0.6 is 0 Å². The molecule has 2 aromatic heterocycles. The van der Waals surface area contributed by atoms with Gasteiger partial charge < -0.3 is 9.73 Å². The van der Waals surface area contributed by atoms with Gasteiger partial charge in [-0.3, -0.25) is 9.59 Å². The Morgan fingerprint density at radius 1 is 1.24 bits per heavy atom. The highest BCUT2D eigenvalue weighted by Crippen LogP contribution is 2.26. The number of hydrogen-bond donors (Lipinski definition) is 1. The fourth-order valence-electron chi connectivity index (χ4n) is 2.28. The first-order valence-corrected chi connectivity index (χ1v) is 7.46. The lowest BCUT2D eigenvalue weighted by Gasteiger charge is -2.04. The molecule has 1 N–H and O–H groups in total. The summed E-state index contributed by atoms with van der Waals surface area (Å²) in [5.41, 5.74) is 0.987. The molecule has 0 saturated heterocycles. The molecule has 1 aromatic carbocycles. The fourth-order valence-corrected chi connectivity index (χ4v) is 2.28. The van der Waals surface area contributed by atoms with Crippen LogP contribution in [0.25, 0.3) is 17.0 Å². The molecule has 1 amide bonds. The van der Waals surface area contributed by atoms with E-state index in [1.807, 2.05) is 12.1 Å². The maximum atomic E-state index is 12.3. The summed E-state index contributed by atoms with van der Waals surface area (Å²) in [6, 6.07) is 13.9. The normalized spacial score (nSPS) is 11.1. The van der Waals surface area contributed by atoms with Gasteiger partial charge in [0.25, 0.3) is 5.91 Å². The van der Waals surface area contributed by atoms with E-state index in [1.165, 1.54) is 19.2 Å². The van der Waals surface area contributed by atoms with Crippen LogP contribution in [0.5, 0.6) is 0 Å². The molecule has 0 bridgehead atoms. The number of amides is 1. The summed E-state index contributed by atoms with van der Waals surface area (Å²) in [6.45, 7) is 1.31. The Morgan fingerprint density at radius 2 is 2.00 bits per heavy atom. The van der Waals surface area contributed by atoms with Crippen LogP contribution in [0.3, 0.4) is 0 Å². The molecule has 0 atom stereocenters. The van der Waals surface area contributed by atoms with Gasteiger partial charge in [0, 0.05) is 17.8 Å². The number of hydrogen-bond acceptors (Lipinski definition) is 5. The fraction of sp³-hybridized carbons (Fsp3) is 0.0526. The lowest BCUT2D eigenvalue weighted by molar-refractivity contribution is -0.113. The molecule has 6 nitrogen and oxygen atoms in total. The van der Waals surface area contributed by atoms with E-state index < -0.39 is 0 Å². The zero-order valence-electron chi connectivity index (χ0n) is 13.3. The van der Waals surface area contributed by atoms with Gasteiger partial charge in [-0.05, 0) is 31.2 Å². The third-order valence-electron chi connectivity index (χ3n) is 3.52. The number of nitrogens with zero attached hydrogens (tertiary/aromatic N) is 2. The summed E-state index contributed by atoms with van der Waals surface area (Å²) in [4.78, 5) is 27.8. The van der Waals surface area contributed by atoms with E-state index in [-0.39, 0.29) is 17.3 Å². The van der Waals surface area contributed by atoms with E-state index in [0.717, 1.165) is 0 Å². The van der Waals surface area contributed by atoms with E-state index in [4.69, 9.17) is 9.68 Å². The van der Waals surface area contributed by atoms with Gasteiger partial charge in [-0.1, -0.05) is 18.2 Å². The molecule has 0 aliphatic carbocycles. The van der Waals surface area contributed by atoms with Crippen molar-refractivity contribution in [3.8, 4) is 6.07 Å². The van der Waals surface area contributed by atoms with Crippen molar-refractivity contribution in [1.29, 1.82) is 5.26 Å². The number of nitriles is 1. The van der Waals surface area contributed by atoms with Crippen LogP contribution in [0, 0.1) is 11.3 Å². The zero-order chi connectivity index (χ0) is 17.8. The number of anilines is 1. The Labute approximate surface area is 143 Å². The molecule has 0 saturated carbocycles. The monoisotopic (exact) mass is 331 g/mol. The Kier molecular flexibility index (Phi) is 4.40. The van der Waals surface area contributed by atoms with Gasteiger partial charge in [0.15, 0.2) is 5.78 Å². The minimum Gasteiger partial charge on any atom is -0.456 e.